The van der Waals surface area contributed by atoms with Crippen molar-refractivity contribution in [3.8, 4) is 11.5 Å². The number of morpholine rings is 1. The van der Waals surface area contributed by atoms with E-state index in [4.69, 9.17) is 14.2 Å². The average Bonchev–Trinajstić information content (AvgIpc) is 3.51. The lowest BCUT2D eigenvalue weighted by atomic mass is 10.1. The molecule has 1 amide bonds. The van der Waals surface area contributed by atoms with E-state index in [2.05, 4.69) is 5.32 Å². The smallest absolute Gasteiger partial charge is 0.243 e. The third-order valence-electron chi connectivity index (χ3n) is 6.70. The number of rotatable bonds is 12. The van der Waals surface area contributed by atoms with Crippen molar-refractivity contribution in [1.29, 1.82) is 0 Å². The molecule has 0 saturated carbocycles. The Morgan fingerprint density at radius 2 is 1.51 bits per heavy atom. The summed E-state index contributed by atoms with van der Waals surface area (Å²) in [7, 11) is -5.63. The van der Waals surface area contributed by atoms with E-state index in [0.717, 1.165) is 12.8 Å². The molecule has 0 spiro atoms. The molecule has 0 unspecified atom stereocenters. The minimum atomic E-state index is -3.66. The number of ether oxygens (including phenoxy) is 3. The van der Waals surface area contributed by atoms with Crippen molar-refractivity contribution in [3.05, 3.63) is 48.0 Å². The zero-order valence-corrected chi connectivity index (χ0v) is 23.6. The van der Waals surface area contributed by atoms with Gasteiger partial charge in [-0.05, 0) is 67.3 Å². The average molecular weight is 582 g/mol. The summed E-state index contributed by atoms with van der Waals surface area (Å²) >= 11 is 0. The number of nitrogens with one attached hydrogen (secondary N) is 1. The van der Waals surface area contributed by atoms with Gasteiger partial charge in [0.1, 0.15) is 18.1 Å². The summed E-state index contributed by atoms with van der Waals surface area (Å²) in [4.78, 5) is 12.8. The van der Waals surface area contributed by atoms with Crippen molar-refractivity contribution in [1.82, 2.24) is 13.9 Å². The van der Waals surface area contributed by atoms with Crippen LogP contribution in [-0.4, -0.2) is 91.0 Å². The van der Waals surface area contributed by atoms with Crippen LogP contribution in [0.15, 0.2) is 52.3 Å². The van der Waals surface area contributed by atoms with E-state index in [1.807, 2.05) is 0 Å². The molecule has 2 aliphatic heterocycles. The molecule has 4 rings (SSSR count). The highest BCUT2D eigenvalue weighted by molar-refractivity contribution is 7.89. The minimum absolute atomic E-state index is 0.139. The molecule has 2 heterocycles. The fraction of sp³-hybridized carbons (Fsp3) is 0.500. The van der Waals surface area contributed by atoms with Crippen LogP contribution in [0.4, 0.5) is 0 Å². The lowest BCUT2D eigenvalue weighted by molar-refractivity contribution is -0.121. The molecule has 0 aliphatic carbocycles. The zero-order chi connectivity index (χ0) is 27.9. The molecule has 13 heteroatoms. The summed E-state index contributed by atoms with van der Waals surface area (Å²) in [5.74, 6) is 0.809. The van der Waals surface area contributed by atoms with Gasteiger partial charge in [0.05, 0.1) is 36.7 Å². The highest BCUT2D eigenvalue weighted by Crippen LogP contribution is 2.26. The van der Waals surface area contributed by atoms with Crippen molar-refractivity contribution in [2.45, 2.75) is 35.5 Å². The van der Waals surface area contributed by atoms with Crippen molar-refractivity contribution >= 4 is 26.0 Å². The second kappa shape index (κ2) is 13.1. The van der Waals surface area contributed by atoms with E-state index in [-0.39, 0.29) is 35.3 Å². The molecule has 214 valence electrons. The highest BCUT2D eigenvalue weighted by atomic mass is 32.2. The van der Waals surface area contributed by atoms with Crippen LogP contribution in [0.1, 0.15) is 24.8 Å². The van der Waals surface area contributed by atoms with Gasteiger partial charge in [-0.25, -0.2) is 16.8 Å². The Morgan fingerprint density at radius 3 is 2.18 bits per heavy atom. The van der Waals surface area contributed by atoms with Gasteiger partial charge in [0.2, 0.25) is 26.0 Å². The Labute approximate surface area is 230 Å². The van der Waals surface area contributed by atoms with Gasteiger partial charge in [0.15, 0.2) is 0 Å². The Kier molecular flexibility index (Phi) is 9.83. The molecule has 0 aromatic heterocycles. The third kappa shape index (κ3) is 7.28. The quantitative estimate of drug-likeness (QED) is 0.374. The summed E-state index contributed by atoms with van der Waals surface area (Å²) in [6.07, 6.45) is 2.20. The Balaban J connectivity index is 1.25. The van der Waals surface area contributed by atoms with Gasteiger partial charge in [0.25, 0.3) is 0 Å². The number of aryl methyl sites for hydroxylation is 1. The number of carbonyl (C=O) groups excluding carboxylic acids is 1. The Hall–Kier alpha value is -2.71. The zero-order valence-electron chi connectivity index (χ0n) is 22.0. The van der Waals surface area contributed by atoms with Crippen LogP contribution in [0.25, 0.3) is 0 Å². The van der Waals surface area contributed by atoms with Crippen LogP contribution >= 0.6 is 0 Å². The number of hydrogen-bond acceptors (Lipinski definition) is 8. The van der Waals surface area contributed by atoms with E-state index < -0.39 is 20.0 Å². The van der Waals surface area contributed by atoms with Crippen LogP contribution in [0.3, 0.4) is 0 Å². The number of amides is 1. The molecule has 11 nitrogen and oxygen atoms in total. The molecule has 0 radical (unpaired) electrons. The SMILES string of the molecule is COc1ccc(S(=O)(=O)N2CCOCC2)cc1CCC(=O)NCCOc1ccc(S(=O)(=O)N2CCCC2)cc1. The van der Waals surface area contributed by atoms with Gasteiger partial charge in [-0.2, -0.15) is 8.61 Å². The van der Waals surface area contributed by atoms with E-state index in [9.17, 15) is 21.6 Å². The van der Waals surface area contributed by atoms with Gasteiger partial charge < -0.3 is 19.5 Å². The Bertz CT molecular complexity index is 1340. The maximum Gasteiger partial charge on any atom is 0.243 e. The highest BCUT2D eigenvalue weighted by Gasteiger charge is 2.28. The molecule has 2 aromatic rings. The van der Waals surface area contributed by atoms with Gasteiger partial charge in [-0.1, -0.05) is 0 Å². The normalized spacial score (nSPS) is 17.2. The number of sulfonamides is 2. The number of hydrogen-bond donors (Lipinski definition) is 1. The molecule has 2 aliphatic rings. The Morgan fingerprint density at radius 1 is 0.897 bits per heavy atom. The molecule has 2 saturated heterocycles. The summed E-state index contributed by atoms with van der Waals surface area (Å²) < 4.78 is 70.4. The van der Waals surface area contributed by atoms with Crippen LogP contribution < -0.4 is 14.8 Å². The molecule has 2 aromatic carbocycles. The molecular weight excluding hydrogens is 546 g/mol. The summed E-state index contributed by atoms with van der Waals surface area (Å²) in [5, 5.41) is 2.78. The van der Waals surface area contributed by atoms with Crippen molar-refractivity contribution < 1.29 is 35.8 Å². The maximum atomic E-state index is 13.0. The molecule has 2 fully saturated rings. The lowest BCUT2D eigenvalue weighted by Gasteiger charge is -2.26. The van der Waals surface area contributed by atoms with E-state index in [0.29, 0.717) is 62.9 Å². The molecule has 0 bridgehead atoms. The predicted molar refractivity (Wildman–Crippen MR) is 144 cm³/mol. The first-order valence-electron chi connectivity index (χ1n) is 13.0. The first kappa shape index (κ1) is 29.3. The topological polar surface area (TPSA) is 132 Å². The molecular formula is C26H35N3O8S2. The summed E-state index contributed by atoms with van der Waals surface area (Å²) in [6, 6.07) is 11.0. The standard InChI is InChI=1S/C26H35N3O8S2/c1-35-25-10-9-24(39(33,34)29-15-18-36-19-16-29)20-21(25)4-11-26(30)27-12-17-37-22-5-7-23(8-6-22)38(31,32)28-13-2-3-14-28/h5-10,20H,2-4,11-19H2,1H3,(H,27,30). The first-order valence-corrected chi connectivity index (χ1v) is 15.8. The van der Waals surface area contributed by atoms with E-state index in [1.165, 1.54) is 33.9 Å². The number of carbonyl (C=O) groups is 1. The van der Waals surface area contributed by atoms with Crippen molar-refractivity contribution in [2.75, 3.05) is 59.7 Å². The molecule has 1 N–H and O–H groups in total. The largest absolute Gasteiger partial charge is 0.496 e. The fourth-order valence-electron chi connectivity index (χ4n) is 4.53. The first-order chi connectivity index (χ1) is 18.7. The van der Waals surface area contributed by atoms with Gasteiger partial charge in [0, 0.05) is 32.6 Å². The number of methoxy groups -OCH3 is 1. The van der Waals surface area contributed by atoms with Crippen LogP contribution in [0.5, 0.6) is 11.5 Å². The van der Waals surface area contributed by atoms with Gasteiger partial charge >= 0.3 is 0 Å². The van der Waals surface area contributed by atoms with Crippen LogP contribution in [-0.2, 0) is 36.0 Å². The van der Waals surface area contributed by atoms with E-state index >= 15 is 0 Å². The van der Waals surface area contributed by atoms with Crippen LogP contribution in [0.2, 0.25) is 0 Å². The minimum Gasteiger partial charge on any atom is -0.496 e. The predicted octanol–water partition coefficient (Wildman–Crippen LogP) is 1.63. The summed E-state index contributed by atoms with van der Waals surface area (Å²) in [5.41, 5.74) is 0.627. The lowest BCUT2D eigenvalue weighted by Crippen LogP contribution is -2.40. The number of benzene rings is 2. The van der Waals surface area contributed by atoms with E-state index in [1.54, 1.807) is 24.3 Å². The maximum absolute atomic E-state index is 13.0. The van der Waals surface area contributed by atoms with Gasteiger partial charge in [-0.15, -0.1) is 0 Å². The van der Waals surface area contributed by atoms with Gasteiger partial charge in [-0.3, -0.25) is 4.79 Å². The second-order valence-corrected chi connectivity index (χ2v) is 13.1. The second-order valence-electron chi connectivity index (χ2n) is 9.27. The third-order valence-corrected chi connectivity index (χ3v) is 10.5. The summed E-state index contributed by atoms with van der Waals surface area (Å²) in [6.45, 7) is 2.89. The number of nitrogens with zero attached hydrogens (tertiary/aromatic N) is 2. The monoisotopic (exact) mass is 581 g/mol. The van der Waals surface area contributed by atoms with Crippen molar-refractivity contribution in [2.24, 2.45) is 0 Å². The molecule has 0 atom stereocenters. The van der Waals surface area contributed by atoms with Crippen molar-refractivity contribution in [3.63, 3.8) is 0 Å². The fourth-order valence-corrected chi connectivity index (χ4v) is 7.50. The molecule has 39 heavy (non-hydrogen) atoms. The van der Waals surface area contributed by atoms with Crippen LogP contribution in [0, 0.1) is 0 Å².